The van der Waals surface area contributed by atoms with Gasteiger partial charge in [0.25, 0.3) is 5.91 Å². The summed E-state index contributed by atoms with van der Waals surface area (Å²) in [5, 5.41) is 2.75. The maximum absolute atomic E-state index is 12.6. The van der Waals surface area contributed by atoms with Gasteiger partial charge < -0.3 is 19.9 Å². The van der Waals surface area contributed by atoms with Crippen LogP contribution >= 0.6 is 11.8 Å². The number of hydrogen-bond donors (Lipinski definition) is 1. The van der Waals surface area contributed by atoms with Crippen LogP contribution in [0.2, 0.25) is 0 Å². The number of rotatable bonds is 3. The fraction of sp³-hybridized carbons (Fsp3) is 0.733. The molecule has 0 bridgehead atoms. The lowest BCUT2D eigenvalue weighted by atomic mass is 9.99. The van der Waals surface area contributed by atoms with Crippen molar-refractivity contribution < 1.29 is 23.9 Å². The number of carbonyl (C=O) groups is 4. The summed E-state index contributed by atoms with van der Waals surface area (Å²) in [6, 6.07) is -0.494. The molecular formula is C15H22N4O5S. The van der Waals surface area contributed by atoms with Gasteiger partial charge in [0.2, 0.25) is 5.91 Å². The van der Waals surface area contributed by atoms with E-state index >= 15 is 0 Å². The van der Waals surface area contributed by atoms with E-state index in [4.69, 9.17) is 4.74 Å². The molecule has 3 fully saturated rings. The summed E-state index contributed by atoms with van der Waals surface area (Å²) in [6.07, 6.45) is 0.217. The van der Waals surface area contributed by atoms with E-state index in [1.807, 2.05) is 0 Å². The molecule has 1 N–H and O–H groups in total. The van der Waals surface area contributed by atoms with E-state index in [2.05, 4.69) is 5.32 Å². The number of nitrogens with zero attached hydrogens (tertiary/aromatic N) is 3. The average Bonchev–Trinajstić information content (AvgIpc) is 3.16. The third-order valence-corrected chi connectivity index (χ3v) is 5.91. The predicted molar refractivity (Wildman–Crippen MR) is 90.1 cm³/mol. The Hall–Kier alpha value is -1.97. The van der Waals surface area contributed by atoms with Gasteiger partial charge in [-0.3, -0.25) is 14.5 Å². The van der Waals surface area contributed by atoms with Crippen molar-refractivity contribution in [1.29, 1.82) is 0 Å². The number of urea groups is 1. The molecule has 0 unspecified atom stereocenters. The van der Waals surface area contributed by atoms with Crippen molar-refractivity contribution in [2.45, 2.75) is 18.9 Å². The van der Waals surface area contributed by atoms with Crippen molar-refractivity contribution in [3.05, 3.63) is 0 Å². The van der Waals surface area contributed by atoms with Gasteiger partial charge in [0.1, 0.15) is 12.1 Å². The zero-order chi connectivity index (χ0) is 18.0. The highest BCUT2D eigenvalue weighted by atomic mass is 32.2. The van der Waals surface area contributed by atoms with E-state index < -0.39 is 11.6 Å². The highest BCUT2D eigenvalue weighted by molar-refractivity contribution is 7.99. The van der Waals surface area contributed by atoms with E-state index in [-0.39, 0.29) is 24.5 Å². The average molecular weight is 370 g/mol. The summed E-state index contributed by atoms with van der Waals surface area (Å²) >= 11 is 1.62. The molecular weight excluding hydrogens is 348 g/mol. The third kappa shape index (κ3) is 3.39. The second kappa shape index (κ2) is 7.11. The monoisotopic (exact) mass is 370 g/mol. The molecule has 3 aliphatic heterocycles. The molecule has 3 aliphatic rings. The van der Waals surface area contributed by atoms with Crippen molar-refractivity contribution in [2.24, 2.45) is 0 Å². The normalized spacial score (nSPS) is 26.4. The summed E-state index contributed by atoms with van der Waals surface area (Å²) < 4.78 is 4.94. The molecule has 1 spiro atoms. The van der Waals surface area contributed by atoms with Crippen LogP contribution in [0.3, 0.4) is 0 Å². The highest BCUT2D eigenvalue weighted by Gasteiger charge is 2.53. The summed E-state index contributed by atoms with van der Waals surface area (Å²) in [6.45, 7) is 3.28. The van der Waals surface area contributed by atoms with Crippen LogP contribution in [0.15, 0.2) is 0 Å². The Morgan fingerprint density at radius 3 is 2.48 bits per heavy atom. The Labute approximate surface area is 150 Å². The van der Waals surface area contributed by atoms with Crippen molar-refractivity contribution in [1.82, 2.24) is 20.0 Å². The number of thioether (sulfide) groups is 1. The summed E-state index contributed by atoms with van der Waals surface area (Å²) in [7, 11) is 0. The van der Waals surface area contributed by atoms with E-state index in [1.165, 1.54) is 0 Å². The molecule has 10 heteroatoms. The van der Waals surface area contributed by atoms with Gasteiger partial charge in [0, 0.05) is 31.9 Å². The number of amides is 5. The maximum Gasteiger partial charge on any atom is 0.409 e. The fourth-order valence-electron chi connectivity index (χ4n) is 3.24. The Bertz CT molecular complexity index is 584. The first kappa shape index (κ1) is 17.8. The quantitative estimate of drug-likeness (QED) is 0.686. The minimum Gasteiger partial charge on any atom is -0.450 e. The van der Waals surface area contributed by atoms with E-state index in [0.717, 1.165) is 10.7 Å². The zero-order valence-corrected chi connectivity index (χ0v) is 15.0. The molecule has 0 radical (unpaired) electrons. The first-order valence-electron chi connectivity index (χ1n) is 8.38. The van der Waals surface area contributed by atoms with Crippen LogP contribution in [0, 0.1) is 0 Å². The number of hydrogen-bond acceptors (Lipinski definition) is 6. The first-order chi connectivity index (χ1) is 12.0. The van der Waals surface area contributed by atoms with E-state index in [1.54, 1.807) is 28.5 Å². The molecule has 138 valence electrons. The molecule has 1 atom stereocenters. The van der Waals surface area contributed by atoms with Crippen LogP contribution in [-0.2, 0) is 14.3 Å². The molecule has 3 heterocycles. The number of piperazine rings is 1. The number of carbonyl (C=O) groups excluding carboxylic acids is 4. The molecule has 0 aromatic heterocycles. The van der Waals surface area contributed by atoms with Crippen molar-refractivity contribution in [3.63, 3.8) is 0 Å². The molecule has 0 aliphatic carbocycles. The fourth-order valence-corrected chi connectivity index (χ4v) is 4.57. The second-order valence-electron chi connectivity index (χ2n) is 6.27. The molecule has 3 saturated heterocycles. The smallest absolute Gasteiger partial charge is 0.409 e. The molecule has 9 nitrogen and oxygen atoms in total. The van der Waals surface area contributed by atoms with E-state index in [0.29, 0.717) is 45.0 Å². The van der Waals surface area contributed by atoms with Gasteiger partial charge >= 0.3 is 12.1 Å². The topological polar surface area (TPSA) is 99.3 Å². The van der Waals surface area contributed by atoms with Gasteiger partial charge in [-0.15, -0.1) is 0 Å². The van der Waals surface area contributed by atoms with Crippen LogP contribution < -0.4 is 5.32 Å². The lowest BCUT2D eigenvalue weighted by Gasteiger charge is -2.34. The molecule has 0 saturated carbocycles. The van der Waals surface area contributed by atoms with Gasteiger partial charge in [0.05, 0.1) is 6.61 Å². The molecule has 25 heavy (non-hydrogen) atoms. The largest absolute Gasteiger partial charge is 0.450 e. The number of nitrogens with one attached hydrogen (secondary N) is 1. The zero-order valence-electron chi connectivity index (χ0n) is 14.2. The number of ether oxygens (including phenoxy) is 1. The third-order valence-electron chi connectivity index (χ3n) is 4.72. The lowest BCUT2D eigenvalue weighted by molar-refractivity contribution is -0.139. The summed E-state index contributed by atoms with van der Waals surface area (Å²) in [5.41, 5.74) is -0.829. The Morgan fingerprint density at radius 2 is 1.88 bits per heavy atom. The standard InChI is InChI=1S/C15H22N4O5S/c1-2-24-14(23)18-6-4-17(5-7-18)11(20)9-19-12(21)15(16-13(19)22)3-8-25-10-15/h2-10H2,1H3,(H,16,22)/t15-/m1/s1. The highest BCUT2D eigenvalue weighted by Crippen LogP contribution is 2.33. The van der Waals surface area contributed by atoms with Gasteiger partial charge in [-0.25, -0.2) is 9.59 Å². The first-order valence-corrected chi connectivity index (χ1v) is 9.53. The number of imide groups is 1. The van der Waals surface area contributed by atoms with Crippen molar-refractivity contribution in [2.75, 3.05) is 50.8 Å². The summed E-state index contributed by atoms with van der Waals surface area (Å²) in [5.74, 6) is 0.792. The SMILES string of the molecule is CCOC(=O)N1CCN(C(=O)CN2C(=O)N[C@@]3(CCSC3)C2=O)CC1. The lowest BCUT2D eigenvalue weighted by Crippen LogP contribution is -2.53. The maximum atomic E-state index is 12.6. The summed E-state index contributed by atoms with van der Waals surface area (Å²) in [4.78, 5) is 53.0. The molecule has 3 rings (SSSR count). The van der Waals surface area contributed by atoms with Crippen LogP contribution in [-0.4, -0.2) is 95.0 Å². The van der Waals surface area contributed by atoms with Crippen LogP contribution in [0.4, 0.5) is 9.59 Å². The molecule has 5 amide bonds. The Kier molecular flexibility index (Phi) is 5.07. The van der Waals surface area contributed by atoms with Gasteiger partial charge in [-0.2, -0.15) is 11.8 Å². The van der Waals surface area contributed by atoms with Crippen molar-refractivity contribution in [3.8, 4) is 0 Å². The predicted octanol–water partition coefficient (Wildman–Crippen LogP) is -0.285. The van der Waals surface area contributed by atoms with Crippen LogP contribution in [0.5, 0.6) is 0 Å². The Balaban J connectivity index is 1.54. The van der Waals surface area contributed by atoms with Crippen LogP contribution in [0.25, 0.3) is 0 Å². The molecule has 0 aromatic carbocycles. The van der Waals surface area contributed by atoms with Gasteiger partial charge in [0.15, 0.2) is 0 Å². The minimum absolute atomic E-state index is 0.253. The van der Waals surface area contributed by atoms with Crippen molar-refractivity contribution >= 4 is 35.7 Å². The second-order valence-corrected chi connectivity index (χ2v) is 7.38. The van der Waals surface area contributed by atoms with Crippen LogP contribution in [0.1, 0.15) is 13.3 Å². The van der Waals surface area contributed by atoms with Gasteiger partial charge in [-0.1, -0.05) is 0 Å². The molecule has 0 aromatic rings. The minimum atomic E-state index is -0.829. The van der Waals surface area contributed by atoms with Gasteiger partial charge in [-0.05, 0) is 19.1 Å². The Morgan fingerprint density at radius 1 is 1.20 bits per heavy atom. The van der Waals surface area contributed by atoms with E-state index in [9.17, 15) is 19.2 Å².